The fourth-order valence-electron chi connectivity index (χ4n) is 1.34. The molecule has 104 valence electrons. The zero-order valence-corrected chi connectivity index (χ0v) is 11.1. The van der Waals surface area contributed by atoms with Gasteiger partial charge >= 0.3 is 11.9 Å². The van der Waals surface area contributed by atoms with E-state index in [2.05, 4.69) is 10.1 Å². The van der Waals surface area contributed by atoms with Gasteiger partial charge < -0.3 is 15.2 Å². The first kappa shape index (κ1) is 16.4. The van der Waals surface area contributed by atoms with E-state index >= 15 is 0 Å². The number of hydrogen-bond acceptors (Lipinski definition) is 4. The van der Waals surface area contributed by atoms with E-state index in [1.807, 2.05) is 13.8 Å². The molecular formula is C12H21NO5. The molecule has 0 saturated carbocycles. The number of carboxylic acids is 1. The van der Waals surface area contributed by atoms with Gasteiger partial charge in [0, 0.05) is 12.8 Å². The summed E-state index contributed by atoms with van der Waals surface area (Å²) in [6.07, 6.45) is 1.15. The van der Waals surface area contributed by atoms with Gasteiger partial charge in [-0.05, 0) is 12.3 Å². The van der Waals surface area contributed by atoms with E-state index in [0.29, 0.717) is 6.42 Å². The van der Waals surface area contributed by atoms with Crippen molar-refractivity contribution < 1.29 is 24.2 Å². The van der Waals surface area contributed by atoms with Gasteiger partial charge in [-0.1, -0.05) is 20.3 Å². The molecule has 18 heavy (non-hydrogen) atoms. The molecule has 6 nitrogen and oxygen atoms in total. The molecule has 0 saturated heterocycles. The van der Waals surface area contributed by atoms with Gasteiger partial charge in [0.15, 0.2) is 0 Å². The lowest BCUT2D eigenvalue weighted by atomic mass is 10.0. The highest BCUT2D eigenvalue weighted by Gasteiger charge is 2.21. The zero-order chi connectivity index (χ0) is 14.1. The first-order chi connectivity index (χ1) is 8.40. The van der Waals surface area contributed by atoms with Crippen molar-refractivity contribution >= 4 is 17.8 Å². The molecule has 0 aromatic heterocycles. The predicted octanol–water partition coefficient (Wildman–Crippen LogP) is 0.945. The highest BCUT2D eigenvalue weighted by molar-refractivity contribution is 5.84. The van der Waals surface area contributed by atoms with Crippen LogP contribution in [0, 0.1) is 5.92 Å². The largest absolute Gasteiger partial charge is 0.480 e. The van der Waals surface area contributed by atoms with Crippen LogP contribution in [0.15, 0.2) is 0 Å². The van der Waals surface area contributed by atoms with Crippen LogP contribution in [0.3, 0.4) is 0 Å². The molecule has 0 radical (unpaired) electrons. The standard InChI is InChI=1S/C12H21NO5/c1-4-8(2)7-10(14)13-9(12(16)17)5-6-11(15)18-3/h8-9H,4-7H2,1-3H3,(H,13,14)(H,16,17). The van der Waals surface area contributed by atoms with Crippen molar-refractivity contribution in [2.24, 2.45) is 5.92 Å². The summed E-state index contributed by atoms with van der Waals surface area (Å²) < 4.78 is 4.42. The summed E-state index contributed by atoms with van der Waals surface area (Å²) in [4.78, 5) is 33.4. The number of carboxylic acid groups (broad SMARTS) is 1. The molecule has 0 fully saturated rings. The van der Waals surface area contributed by atoms with Crippen LogP contribution < -0.4 is 5.32 Å². The van der Waals surface area contributed by atoms with Crippen LogP contribution in [0.25, 0.3) is 0 Å². The van der Waals surface area contributed by atoms with Crippen molar-refractivity contribution in [3.05, 3.63) is 0 Å². The summed E-state index contributed by atoms with van der Waals surface area (Å²) in [5.74, 6) is -1.73. The Morgan fingerprint density at radius 2 is 1.94 bits per heavy atom. The molecule has 0 heterocycles. The highest BCUT2D eigenvalue weighted by Crippen LogP contribution is 2.07. The Kier molecular flexibility index (Phi) is 7.74. The van der Waals surface area contributed by atoms with Gasteiger partial charge in [0.1, 0.15) is 6.04 Å². The molecule has 2 atom stereocenters. The number of methoxy groups -OCH3 is 1. The van der Waals surface area contributed by atoms with Crippen LogP contribution in [0.1, 0.15) is 39.5 Å². The van der Waals surface area contributed by atoms with Crippen molar-refractivity contribution in [1.29, 1.82) is 0 Å². The number of nitrogens with one attached hydrogen (secondary N) is 1. The fraction of sp³-hybridized carbons (Fsp3) is 0.750. The van der Waals surface area contributed by atoms with E-state index < -0.39 is 18.0 Å². The SMILES string of the molecule is CCC(C)CC(=O)NC(CCC(=O)OC)C(=O)O. The first-order valence-corrected chi connectivity index (χ1v) is 5.99. The third-order valence-corrected chi connectivity index (χ3v) is 2.73. The maximum absolute atomic E-state index is 11.6. The minimum absolute atomic E-state index is 0.0307. The summed E-state index contributed by atoms with van der Waals surface area (Å²) in [5, 5.41) is 11.3. The zero-order valence-electron chi connectivity index (χ0n) is 11.1. The van der Waals surface area contributed by atoms with Gasteiger partial charge in [-0.3, -0.25) is 9.59 Å². The van der Waals surface area contributed by atoms with E-state index in [-0.39, 0.29) is 24.7 Å². The Balaban J connectivity index is 4.23. The smallest absolute Gasteiger partial charge is 0.326 e. The number of hydrogen-bond donors (Lipinski definition) is 2. The molecule has 2 N–H and O–H groups in total. The van der Waals surface area contributed by atoms with E-state index in [1.165, 1.54) is 7.11 Å². The van der Waals surface area contributed by atoms with E-state index in [0.717, 1.165) is 6.42 Å². The van der Waals surface area contributed by atoms with E-state index in [1.54, 1.807) is 0 Å². The van der Waals surface area contributed by atoms with Gasteiger partial charge in [0.05, 0.1) is 7.11 Å². The van der Waals surface area contributed by atoms with Gasteiger partial charge in [0.2, 0.25) is 5.91 Å². The number of rotatable bonds is 8. The summed E-state index contributed by atoms with van der Waals surface area (Å²) in [7, 11) is 1.24. The lowest BCUT2D eigenvalue weighted by molar-refractivity contribution is -0.144. The first-order valence-electron chi connectivity index (χ1n) is 5.99. The fourth-order valence-corrected chi connectivity index (χ4v) is 1.34. The number of carbonyl (C=O) groups is 3. The molecule has 0 aliphatic carbocycles. The number of amides is 1. The molecule has 6 heteroatoms. The number of ether oxygens (including phenoxy) is 1. The Labute approximate surface area is 107 Å². The molecule has 0 aromatic rings. The van der Waals surface area contributed by atoms with Crippen molar-refractivity contribution in [3.8, 4) is 0 Å². The third-order valence-electron chi connectivity index (χ3n) is 2.73. The second kappa shape index (κ2) is 8.49. The minimum Gasteiger partial charge on any atom is -0.480 e. The molecule has 0 aliphatic rings. The minimum atomic E-state index is -1.14. The Morgan fingerprint density at radius 1 is 1.33 bits per heavy atom. The van der Waals surface area contributed by atoms with E-state index in [4.69, 9.17) is 5.11 Å². The second-order valence-corrected chi connectivity index (χ2v) is 4.29. The summed E-state index contributed by atoms with van der Waals surface area (Å²) in [5.41, 5.74) is 0. The molecule has 0 bridgehead atoms. The van der Waals surface area contributed by atoms with Gasteiger partial charge in [-0.25, -0.2) is 4.79 Å². The quantitative estimate of drug-likeness (QED) is 0.633. The van der Waals surface area contributed by atoms with Crippen LogP contribution in [0.4, 0.5) is 0 Å². The normalized spacial score (nSPS) is 13.5. The number of esters is 1. The van der Waals surface area contributed by atoms with Crippen molar-refractivity contribution in [1.82, 2.24) is 5.32 Å². The van der Waals surface area contributed by atoms with Crippen LogP contribution in [0.2, 0.25) is 0 Å². The van der Waals surface area contributed by atoms with Crippen molar-refractivity contribution in [2.75, 3.05) is 7.11 Å². The molecule has 0 rings (SSSR count). The lowest BCUT2D eigenvalue weighted by Gasteiger charge is -2.15. The van der Waals surface area contributed by atoms with Crippen LogP contribution in [-0.2, 0) is 19.1 Å². The van der Waals surface area contributed by atoms with Crippen molar-refractivity contribution in [2.45, 2.75) is 45.6 Å². The summed E-state index contributed by atoms with van der Waals surface area (Å²) in [6, 6.07) is -1.04. The van der Waals surface area contributed by atoms with Crippen LogP contribution >= 0.6 is 0 Å². The number of aliphatic carboxylic acids is 1. The second-order valence-electron chi connectivity index (χ2n) is 4.29. The average Bonchev–Trinajstić information content (AvgIpc) is 2.33. The van der Waals surface area contributed by atoms with Gasteiger partial charge in [0.25, 0.3) is 0 Å². The Morgan fingerprint density at radius 3 is 2.39 bits per heavy atom. The maximum atomic E-state index is 11.6. The topological polar surface area (TPSA) is 92.7 Å². The van der Waals surface area contributed by atoms with Crippen LogP contribution in [0.5, 0.6) is 0 Å². The molecule has 0 aromatic carbocycles. The predicted molar refractivity (Wildman–Crippen MR) is 64.9 cm³/mol. The van der Waals surface area contributed by atoms with E-state index in [9.17, 15) is 14.4 Å². The Bertz CT molecular complexity index is 303. The molecule has 0 spiro atoms. The highest BCUT2D eigenvalue weighted by atomic mass is 16.5. The average molecular weight is 259 g/mol. The molecular weight excluding hydrogens is 238 g/mol. The molecule has 0 aliphatic heterocycles. The number of carbonyl (C=O) groups excluding carboxylic acids is 2. The van der Waals surface area contributed by atoms with Crippen LogP contribution in [-0.4, -0.2) is 36.1 Å². The molecule has 1 amide bonds. The summed E-state index contributed by atoms with van der Waals surface area (Å²) >= 11 is 0. The maximum Gasteiger partial charge on any atom is 0.326 e. The third kappa shape index (κ3) is 6.88. The van der Waals surface area contributed by atoms with Crippen molar-refractivity contribution in [3.63, 3.8) is 0 Å². The summed E-state index contributed by atoms with van der Waals surface area (Å²) in [6.45, 7) is 3.88. The van der Waals surface area contributed by atoms with Gasteiger partial charge in [-0.15, -0.1) is 0 Å². The monoisotopic (exact) mass is 259 g/mol. The van der Waals surface area contributed by atoms with Gasteiger partial charge in [-0.2, -0.15) is 0 Å². The lowest BCUT2D eigenvalue weighted by Crippen LogP contribution is -2.41. The molecule has 2 unspecified atom stereocenters. The Hall–Kier alpha value is -1.59.